The average Bonchev–Trinajstić information content (AvgIpc) is 2.37. The summed E-state index contributed by atoms with van der Waals surface area (Å²) < 4.78 is 0. The Hall–Kier alpha value is -2.41. The minimum atomic E-state index is -0.882. The molecule has 0 fully saturated rings. The van der Waals surface area contributed by atoms with Gasteiger partial charge in [0, 0.05) is 18.3 Å². The highest BCUT2D eigenvalue weighted by Crippen LogP contribution is 2.15. The molecule has 3 amide bonds. The molecule has 1 rings (SSSR count). The maximum absolute atomic E-state index is 11.7. The molecule has 0 bridgehead atoms. The number of amides is 3. The van der Waals surface area contributed by atoms with E-state index < -0.39 is 17.4 Å². The molecule has 0 saturated heterocycles. The lowest BCUT2D eigenvalue weighted by atomic mass is 10.1. The number of aliphatic hydroxyl groups excluding tert-OH is 1. The van der Waals surface area contributed by atoms with E-state index in [4.69, 9.17) is 5.11 Å². The smallest absolute Gasteiger partial charge is 0.313 e. The zero-order valence-corrected chi connectivity index (χ0v) is 12.2. The predicted octanol–water partition coefficient (Wildman–Crippen LogP) is 0.471. The molecular weight excluding hydrogens is 274 g/mol. The molecule has 21 heavy (non-hydrogen) atoms. The first-order valence-corrected chi connectivity index (χ1v) is 6.35. The molecule has 0 atom stereocenters. The third-order valence-electron chi connectivity index (χ3n) is 2.49. The van der Waals surface area contributed by atoms with Gasteiger partial charge in [0.25, 0.3) is 0 Å². The SMILES string of the molecule is CC(=O)Nc1cccc(NC(=O)C(=O)NC(C)(C)CO)c1. The quantitative estimate of drug-likeness (QED) is 0.605. The number of nitrogens with one attached hydrogen (secondary N) is 3. The Bertz CT molecular complexity index is 555. The second kappa shape index (κ2) is 6.85. The Balaban J connectivity index is 2.70. The third kappa shape index (κ3) is 5.62. The molecule has 0 aliphatic heterocycles. The number of carbonyl (C=O) groups excluding carboxylic acids is 3. The van der Waals surface area contributed by atoms with E-state index in [1.165, 1.54) is 13.0 Å². The van der Waals surface area contributed by atoms with Crippen molar-refractivity contribution in [3.8, 4) is 0 Å². The Morgan fingerprint density at radius 1 is 1.10 bits per heavy atom. The summed E-state index contributed by atoms with van der Waals surface area (Å²) in [7, 11) is 0. The van der Waals surface area contributed by atoms with E-state index in [-0.39, 0.29) is 12.5 Å². The van der Waals surface area contributed by atoms with E-state index in [1.54, 1.807) is 32.0 Å². The van der Waals surface area contributed by atoms with Crippen LogP contribution in [0.1, 0.15) is 20.8 Å². The number of rotatable bonds is 4. The maximum Gasteiger partial charge on any atom is 0.313 e. The normalized spacial score (nSPS) is 10.7. The van der Waals surface area contributed by atoms with Crippen LogP contribution in [-0.4, -0.2) is 35.0 Å². The van der Waals surface area contributed by atoms with Crippen molar-refractivity contribution in [2.24, 2.45) is 0 Å². The summed E-state index contributed by atoms with van der Waals surface area (Å²) in [5.41, 5.74) is 0.00604. The van der Waals surface area contributed by atoms with Crippen LogP contribution in [0.5, 0.6) is 0 Å². The summed E-state index contributed by atoms with van der Waals surface area (Å²) in [6, 6.07) is 6.42. The molecule has 7 nitrogen and oxygen atoms in total. The first kappa shape index (κ1) is 16.6. The van der Waals surface area contributed by atoms with Crippen molar-refractivity contribution in [2.75, 3.05) is 17.2 Å². The molecule has 0 radical (unpaired) electrons. The fourth-order valence-electron chi connectivity index (χ4n) is 1.47. The van der Waals surface area contributed by atoms with Gasteiger partial charge in [0.15, 0.2) is 0 Å². The number of hydrogen-bond acceptors (Lipinski definition) is 4. The van der Waals surface area contributed by atoms with Gasteiger partial charge in [-0.2, -0.15) is 0 Å². The molecule has 0 aliphatic carbocycles. The highest BCUT2D eigenvalue weighted by atomic mass is 16.3. The Morgan fingerprint density at radius 3 is 2.19 bits per heavy atom. The number of anilines is 2. The maximum atomic E-state index is 11.7. The van der Waals surface area contributed by atoms with Crippen molar-refractivity contribution in [1.29, 1.82) is 0 Å². The van der Waals surface area contributed by atoms with E-state index in [0.29, 0.717) is 11.4 Å². The van der Waals surface area contributed by atoms with Gasteiger partial charge in [0.05, 0.1) is 12.1 Å². The monoisotopic (exact) mass is 293 g/mol. The number of hydrogen-bond donors (Lipinski definition) is 4. The standard InChI is InChI=1S/C14H19N3O4/c1-9(19)15-10-5-4-6-11(7-10)16-12(20)13(21)17-14(2,3)8-18/h4-7,18H,8H2,1-3H3,(H,15,19)(H,16,20)(H,17,21). The van der Waals surface area contributed by atoms with Gasteiger partial charge < -0.3 is 21.1 Å². The molecule has 0 aromatic heterocycles. The first-order valence-electron chi connectivity index (χ1n) is 6.35. The molecule has 7 heteroatoms. The van der Waals surface area contributed by atoms with E-state index >= 15 is 0 Å². The van der Waals surface area contributed by atoms with Crippen molar-refractivity contribution in [2.45, 2.75) is 26.3 Å². The zero-order valence-electron chi connectivity index (χ0n) is 12.2. The summed E-state index contributed by atoms with van der Waals surface area (Å²) >= 11 is 0. The van der Waals surface area contributed by atoms with Gasteiger partial charge in [-0.05, 0) is 32.0 Å². The van der Waals surface area contributed by atoms with Crippen LogP contribution in [0.2, 0.25) is 0 Å². The first-order chi connectivity index (χ1) is 9.73. The van der Waals surface area contributed by atoms with Gasteiger partial charge in [-0.25, -0.2) is 0 Å². The lowest BCUT2D eigenvalue weighted by molar-refractivity contribution is -0.137. The fraction of sp³-hybridized carbons (Fsp3) is 0.357. The van der Waals surface area contributed by atoms with Crippen LogP contribution in [0.4, 0.5) is 11.4 Å². The molecule has 0 heterocycles. The predicted molar refractivity (Wildman–Crippen MR) is 78.7 cm³/mol. The molecule has 114 valence electrons. The van der Waals surface area contributed by atoms with Crippen LogP contribution in [0.3, 0.4) is 0 Å². The van der Waals surface area contributed by atoms with Crippen molar-refractivity contribution in [3.63, 3.8) is 0 Å². The van der Waals surface area contributed by atoms with E-state index in [2.05, 4.69) is 16.0 Å². The Kier molecular flexibility index (Phi) is 5.43. The van der Waals surface area contributed by atoms with Crippen LogP contribution < -0.4 is 16.0 Å². The Morgan fingerprint density at radius 2 is 1.67 bits per heavy atom. The molecule has 0 spiro atoms. The van der Waals surface area contributed by atoms with E-state index in [0.717, 1.165) is 0 Å². The Labute approximate surface area is 122 Å². The summed E-state index contributed by atoms with van der Waals surface area (Å²) in [6.45, 7) is 4.27. The fourth-order valence-corrected chi connectivity index (χ4v) is 1.47. The van der Waals surface area contributed by atoms with Crippen LogP contribution in [0.25, 0.3) is 0 Å². The highest BCUT2D eigenvalue weighted by molar-refractivity contribution is 6.39. The lowest BCUT2D eigenvalue weighted by Gasteiger charge is -2.22. The van der Waals surface area contributed by atoms with Gasteiger partial charge in [0.1, 0.15) is 0 Å². The van der Waals surface area contributed by atoms with Crippen molar-refractivity contribution >= 4 is 29.1 Å². The largest absolute Gasteiger partial charge is 0.394 e. The topological polar surface area (TPSA) is 108 Å². The number of benzene rings is 1. The molecule has 1 aromatic rings. The van der Waals surface area contributed by atoms with Crippen molar-refractivity contribution in [3.05, 3.63) is 24.3 Å². The number of aliphatic hydroxyl groups is 1. The van der Waals surface area contributed by atoms with Crippen LogP contribution >= 0.6 is 0 Å². The van der Waals surface area contributed by atoms with Crippen molar-refractivity contribution < 1.29 is 19.5 Å². The van der Waals surface area contributed by atoms with Gasteiger partial charge in [-0.1, -0.05) is 6.07 Å². The minimum absolute atomic E-state index is 0.235. The lowest BCUT2D eigenvalue weighted by Crippen LogP contribution is -2.50. The molecule has 4 N–H and O–H groups in total. The molecule has 0 unspecified atom stereocenters. The summed E-state index contributed by atoms with van der Waals surface area (Å²) in [5.74, 6) is -1.93. The molecular formula is C14H19N3O4. The third-order valence-corrected chi connectivity index (χ3v) is 2.49. The van der Waals surface area contributed by atoms with Crippen LogP contribution in [0, 0.1) is 0 Å². The van der Waals surface area contributed by atoms with Gasteiger partial charge in [0.2, 0.25) is 5.91 Å². The summed E-state index contributed by atoms with van der Waals surface area (Å²) in [6.07, 6.45) is 0. The van der Waals surface area contributed by atoms with Crippen molar-refractivity contribution in [1.82, 2.24) is 5.32 Å². The summed E-state index contributed by atoms with van der Waals surface area (Å²) in [5, 5.41) is 16.4. The molecule has 1 aromatic carbocycles. The van der Waals surface area contributed by atoms with Gasteiger partial charge in [-0.3, -0.25) is 14.4 Å². The molecule has 0 aliphatic rings. The highest BCUT2D eigenvalue weighted by Gasteiger charge is 2.23. The number of carbonyl (C=O) groups is 3. The zero-order chi connectivity index (χ0) is 16.0. The summed E-state index contributed by atoms with van der Waals surface area (Å²) in [4.78, 5) is 34.4. The van der Waals surface area contributed by atoms with Gasteiger partial charge >= 0.3 is 11.8 Å². The second-order valence-electron chi connectivity index (χ2n) is 5.21. The van der Waals surface area contributed by atoms with Gasteiger partial charge in [-0.15, -0.1) is 0 Å². The van der Waals surface area contributed by atoms with E-state index in [9.17, 15) is 14.4 Å². The van der Waals surface area contributed by atoms with Crippen LogP contribution in [0.15, 0.2) is 24.3 Å². The van der Waals surface area contributed by atoms with Crippen LogP contribution in [-0.2, 0) is 14.4 Å². The molecule has 0 saturated carbocycles. The minimum Gasteiger partial charge on any atom is -0.394 e. The van der Waals surface area contributed by atoms with E-state index in [1.807, 2.05) is 0 Å². The second-order valence-corrected chi connectivity index (χ2v) is 5.21. The average molecular weight is 293 g/mol.